The summed E-state index contributed by atoms with van der Waals surface area (Å²) in [5.74, 6) is -0.556. The molecule has 162 valence electrons. The molecule has 0 saturated carbocycles. The molecule has 0 aliphatic rings. The Bertz CT molecular complexity index is 1520. The molecule has 1 N–H and O–H groups in total. The van der Waals surface area contributed by atoms with Gasteiger partial charge in [0.05, 0.1) is 10.2 Å². The molecule has 6 heteroatoms. The number of amides is 1. The largest absolute Gasteiger partial charge is 0.321 e. The summed E-state index contributed by atoms with van der Waals surface area (Å²) in [6, 6.07) is 26.2. The molecule has 0 aliphatic carbocycles. The highest BCUT2D eigenvalue weighted by Gasteiger charge is 2.17. The van der Waals surface area contributed by atoms with Crippen molar-refractivity contribution in [2.75, 3.05) is 5.32 Å². The van der Waals surface area contributed by atoms with Gasteiger partial charge in [-0.2, -0.15) is 5.26 Å². The quantitative estimate of drug-likeness (QED) is 0.515. The number of anilines is 1. The zero-order valence-electron chi connectivity index (χ0n) is 18.2. The van der Waals surface area contributed by atoms with E-state index in [9.17, 15) is 14.9 Å². The van der Waals surface area contributed by atoms with Gasteiger partial charge in [-0.3, -0.25) is 14.2 Å². The zero-order valence-corrected chi connectivity index (χ0v) is 19.0. The summed E-state index contributed by atoms with van der Waals surface area (Å²) in [5.41, 5.74) is 3.66. The first-order valence-electron chi connectivity index (χ1n) is 10.3. The van der Waals surface area contributed by atoms with E-state index in [1.165, 1.54) is 4.57 Å². The van der Waals surface area contributed by atoms with Crippen LogP contribution in [-0.4, -0.2) is 10.5 Å². The Morgan fingerprint density at radius 3 is 2.18 bits per heavy atom. The highest BCUT2D eigenvalue weighted by Crippen LogP contribution is 2.15. The smallest absolute Gasteiger partial charge is 0.273 e. The molecule has 1 amide bonds. The van der Waals surface area contributed by atoms with Gasteiger partial charge in [0.2, 0.25) is 0 Å². The van der Waals surface area contributed by atoms with E-state index in [4.69, 9.17) is 0 Å². The van der Waals surface area contributed by atoms with Crippen molar-refractivity contribution < 1.29 is 4.79 Å². The van der Waals surface area contributed by atoms with Gasteiger partial charge >= 0.3 is 0 Å². The Morgan fingerprint density at radius 2 is 1.58 bits per heavy atom. The number of aromatic nitrogens is 1. The number of hydrogen-bond donors (Lipinski definition) is 1. The molecule has 33 heavy (non-hydrogen) atoms. The van der Waals surface area contributed by atoms with Crippen LogP contribution in [0, 0.1) is 25.2 Å². The number of nitrogens with zero attached hydrogens (tertiary/aromatic N) is 2. The number of carbonyl (C=O) groups is 1. The van der Waals surface area contributed by atoms with E-state index in [1.54, 1.807) is 18.2 Å². The fourth-order valence-electron chi connectivity index (χ4n) is 3.60. The lowest BCUT2D eigenvalue weighted by atomic mass is 10.1. The van der Waals surface area contributed by atoms with Gasteiger partial charge in [0.25, 0.3) is 11.5 Å². The molecular formula is C27H21N3O2S. The van der Waals surface area contributed by atoms with Gasteiger partial charge in [-0.25, -0.2) is 0 Å². The monoisotopic (exact) mass is 451 g/mol. The van der Waals surface area contributed by atoms with Crippen LogP contribution in [0.2, 0.25) is 0 Å². The Kier molecular flexibility index (Phi) is 6.34. The summed E-state index contributed by atoms with van der Waals surface area (Å²) in [6.07, 6.45) is 1.77. The van der Waals surface area contributed by atoms with Crippen molar-refractivity contribution in [3.05, 3.63) is 115 Å². The van der Waals surface area contributed by atoms with E-state index >= 15 is 0 Å². The van der Waals surface area contributed by atoms with Gasteiger partial charge in [0.15, 0.2) is 5.57 Å². The molecule has 1 aromatic heterocycles. The molecule has 0 radical (unpaired) electrons. The Labute approximate surface area is 195 Å². The van der Waals surface area contributed by atoms with E-state index in [0.717, 1.165) is 28.0 Å². The number of nitriles is 1. The Hall–Kier alpha value is -4.21. The maximum absolute atomic E-state index is 13.4. The van der Waals surface area contributed by atoms with Crippen molar-refractivity contribution in [1.82, 2.24) is 4.57 Å². The highest BCUT2D eigenvalue weighted by atomic mass is 32.1. The van der Waals surface area contributed by atoms with Crippen LogP contribution < -0.4 is 20.1 Å². The number of rotatable bonds is 4. The van der Waals surface area contributed by atoms with Crippen LogP contribution in [-0.2, 0) is 4.79 Å². The predicted molar refractivity (Wildman–Crippen MR) is 133 cm³/mol. The summed E-state index contributed by atoms with van der Waals surface area (Å²) in [4.78, 5) is 26.5. The average Bonchev–Trinajstić information content (AvgIpc) is 3.10. The molecule has 0 unspecified atom stereocenters. The minimum Gasteiger partial charge on any atom is -0.321 e. The van der Waals surface area contributed by atoms with Gasteiger partial charge in [0.1, 0.15) is 10.7 Å². The predicted octanol–water partition coefficient (Wildman–Crippen LogP) is 3.66. The lowest BCUT2D eigenvalue weighted by Gasteiger charge is -2.07. The maximum atomic E-state index is 13.4. The van der Waals surface area contributed by atoms with Gasteiger partial charge in [0, 0.05) is 5.69 Å². The molecule has 4 rings (SSSR count). The van der Waals surface area contributed by atoms with Crippen molar-refractivity contribution in [3.63, 3.8) is 0 Å². The topological polar surface area (TPSA) is 74.9 Å². The third-order valence-electron chi connectivity index (χ3n) is 4.97. The Morgan fingerprint density at radius 1 is 0.970 bits per heavy atom. The van der Waals surface area contributed by atoms with Gasteiger partial charge in [-0.15, -0.1) is 11.3 Å². The molecule has 1 heterocycles. The Balaban J connectivity index is 1.94. The van der Waals surface area contributed by atoms with Gasteiger partial charge in [-0.05, 0) is 60.9 Å². The first kappa shape index (κ1) is 22.0. The van der Waals surface area contributed by atoms with E-state index in [-0.39, 0.29) is 15.8 Å². The molecule has 0 fully saturated rings. The fraction of sp³-hybridized carbons (Fsp3) is 0.0741. The minimum absolute atomic E-state index is 0.118. The molecule has 0 aliphatic heterocycles. The molecular weight excluding hydrogens is 430 g/mol. The first-order chi connectivity index (χ1) is 16.0. The molecule has 5 nitrogen and oxygen atoms in total. The molecule has 0 atom stereocenters. The second-order valence-corrected chi connectivity index (χ2v) is 8.65. The lowest BCUT2D eigenvalue weighted by molar-refractivity contribution is -0.111. The summed E-state index contributed by atoms with van der Waals surface area (Å²) in [5, 5.41) is 12.7. The normalized spacial score (nSPS) is 12.2. The number of para-hydroxylation sites is 1. The number of carbonyl (C=O) groups excluding carboxylic acids is 1. The molecule has 4 aromatic rings. The molecule has 0 spiro atoms. The minimum atomic E-state index is -0.556. The zero-order chi connectivity index (χ0) is 23.4. The van der Waals surface area contributed by atoms with Crippen molar-refractivity contribution >= 4 is 34.6 Å². The number of thiazole rings is 1. The highest BCUT2D eigenvalue weighted by molar-refractivity contribution is 7.07. The van der Waals surface area contributed by atoms with Crippen molar-refractivity contribution in [3.8, 4) is 11.8 Å². The number of nitrogens with one attached hydrogen (secondary N) is 1. The lowest BCUT2D eigenvalue weighted by Crippen LogP contribution is -2.32. The van der Waals surface area contributed by atoms with Crippen LogP contribution in [0.25, 0.3) is 17.3 Å². The number of benzene rings is 3. The van der Waals surface area contributed by atoms with Crippen LogP contribution in [0.4, 0.5) is 5.69 Å². The number of hydrogen-bond acceptors (Lipinski definition) is 4. The van der Waals surface area contributed by atoms with E-state index in [2.05, 4.69) is 5.32 Å². The fourth-order valence-corrected chi connectivity index (χ4v) is 4.70. The van der Waals surface area contributed by atoms with E-state index in [1.807, 2.05) is 86.6 Å². The van der Waals surface area contributed by atoms with Crippen molar-refractivity contribution in [1.29, 1.82) is 5.26 Å². The van der Waals surface area contributed by atoms with Crippen molar-refractivity contribution in [2.24, 2.45) is 0 Å². The second-order valence-electron chi connectivity index (χ2n) is 7.62. The van der Waals surface area contributed by atoms with Gasteiger partial charge < -0.3 is 5.32 Å². The van der Waals surface area contributed by atoms with Gasteiger partial charge in [-0.1, -0.05) is 54.6 Å². The second kappa shape index (κ2) is 9.51. The third-order valence-corrected chi connectivity index (χ3v) is 6.06. The maximum Gasteiger partial charge on any atom is 0.273 e. The van der Waals surface area contributed by atoms with Crippen molar-refractivity contribution in [2.45, 2.75) is 13.8 Å². The van der Waals surface area contributed by atoms with E-state index < -0.39 is 5.91 Å². The summed E-state index contributed by atoms with van der Waals surface area (Å²) in [6.45, 7) is 3.88. The van der Waals surface area contributed by atoms with E-state index in [0.29, 0.717) is 15.9 Å². The summed E-state index contributed by atoms with van der Waals surface area (Å²) in [7, 11) is 0. The van der Waals surface area contributed by atoms with Crippen LogP contribution >= 0.6 is 11.3 Å². The molecule has 0 bridgehead atoms. The third kappa shape index (κ3) is 4.84. The summed E-state index contributed by atoms with van der Waals surface area (Å²) >= 11 is 1.13. The van der Waals surface area contributed by atoms with Crippen LogP contribution in [0.5, 0.6) is 0 Å². The first-order valence-corrected chi connectivity index (χ1v) is 11.2. The standard InChI is InChI=1S/C27H21N3O2S/c1-18-13-19(2)15-21(14-18)29-25(31)23(17-28)27-30(22-11-7-4-8-12-22)26(32)24(33-27)16-20-9-5-3-6-10-20/h3-16H,1-2H3,(H,29,31). The molecule has 0 saturated heterocycles. The SMILES string of the molecule is Cc1cc(C)cc(NC(=O)C(C#N)=c2sc(=Cc3ccccc3)c(=O)n2-c2ccccc2)c1. The van der Waals surface area contributed by atoms with Crippen LogP contribution in [0.15, 0.2) is 83.7 Å². The van der Waals surface area contributed by atoms with Crippen LogP contribution in [0.1, 0.15) is 16.7 Å². The molecule has 3 aromatic carbocycles. The number of aryl methyl sites for hydroxylation is 2. The average molecular weight is 452 g/mol. The summed E-state index contributed by atoms with van der Waals surface area (Å²) < 4.78 is 2.16. The van der Waals surface area contributed by atoms with Crippen LogP contribution in [0.3, 0.4) is 0 Å².